The van der Waals surface area contributed by atoms with Gasteiger partial charge in [-0.25, -0.2) is 0 Å². The summed E-state index contributed by atoms with van der Waals surface area (Å²) < 4.78 is 78.8. The topological polar surface area (TPSA) is 57.9 Å². The number of nitrogens with one attached hydrogen (secondary N) is 2. The Morgan fingerprint density at radius 2 is 1.64 bits per heavy atom. The fraction of sp³-hybridized carbons (Fsp3) is 0.250. The number of halogens is 6. The van der Waals surface area contributed by atoms with Crippen molar-refractivity contribution in [1.29, 1.82) is 0 Å². The maximum Gasteiger partial charge on any atom is 0.573 e. The molecule has 0 aliphatic rings. The second-order valence-electron chi connectivity index (χ2n) is 4.26. The minimum atomic E-state index is -4.99. The molecule has 0 unspecified atom stereocenters. The molecule has 22 heavy (non-hydrogen) atoms. The first kappa shape index (κ1) is 16.0. The van der Waals surface area contributed by atoms with Gasteiger partial charge in [-0.1, -0.05) is 18.2 Å². The summed E-state index contributed by atoms with van der Waals surface area (Å²) in [5, 5.41) is 3.44. The molecule has 0 amide bonds. The molecule has 0 aliphatic heterocycles. The van der Waals surface area contributed by atoms with Crippen molar-refractivity contribution in [1.82, 2.24) is 10.2 Å². The summed E-state index contributed by atoms with van der Waals surface area (Å²) in [6.07, 6.45) is -10.5. The van der Waals surface area contributed by atoms with Gasteiger partial charge < -0.3 is 4.74 Å². The first-order chi connectivity index (χ1) is 10.1. The van der Waals surface area contributed by atoms with Crippen LogP contribution in [0.15, 0.2) is 29.1 Å². The first-order valence-corrected chi connectivity index (χ1v) is 5.78. The standard InChI is InChI=1S/C12H8F6N2O2/c13-11(14,15)9-7(10(21)20-19-9)5-6-3-1-2-4-8(6)22-12(16,17)18/h1-4H,5H2,(H2,19,20,21). The molecule has 0 saturated heterocycles. The highest BCUT2D eigenvalue weighted by atomic mass is 19.4. The van der Waals surface area contributed by atoms with Crippen molar-refractivity contribution >= 4 is 0 Å². The number of H-pyrrole nitrogens is 2. The van der Waals surface area contributed by atoms with Crippen molar-refractivity contribution in [2.45, 2.75) is 19.0 Å². The van der Waals surface area contributed by atoms with Gasteiger partial charge in [0.1, 0.15) is 11.4 Å². The molecule has 0 radical (unpaired) electrons. The summed E-state index contributed by atoms with van der Waals surface area (Å²) in [5.41, 5.74) is -3.31. The van der Waals surface area contributed by atoms with Crippen LogP contribution < -0.4 is 10.3 Å². The summed E-state index contributed by atoms with van der Waals surface area (Å²) in [5.74, 6) is -0.663. The summed E-state index contributed by atoms with van der Waals surface area (Å²) in [7, 11) is 0. The SMILES string of the molecule is O=c1[nH][nH]c(C(F)(F)F)c1Cc1ccccc1OC(F)(F)F. The zero-order valence-electron chi connectivity index (χ0n) is 10.6. The second-order valence-corrected chi connectivity index (χ2v) is 4.26. The molecule has 0 saturated carbocycles. The molecular weight excluding hydrogens is 318 g/mol. The summed E-state index contributed by atoms with van der Waals surface area (Å²) in [6, 6.07) is 4.66. The van der Waals surface area contributed by atoms with E-state index in [1.165, 1.54) is 12.1 Å². The van der Waals surface area contributed by atoms with E-state index in [1.807, 2.05) is 0 Å². The van der Waals surface area contributed by atoms with Gasteiger partial charge in [-0.15, -0.1) is 13.2 Å². The van der Waals surface area contributed by atoms with Crippen molar-refractivity contribution in [3.63, 3.8) is 0 Å². The van der Waals surface area contributed by atoms with E-state index < -0.39 is 41.5 Å². The maximum absolute atomic E-state index is 12.7. The lowest BCUT2D eigenvalue weighted by Crippen LogP contribution is -2.19. The van der Waals surface area contributed by atoms with E-state index in [0.29, 0.717) is 0 Å². The van der Waals surface area contributed by atoms with Gasteiger partial charge in [0.2, 0.25) is 0 Å². The predicted molar refractivity (Wildman–Crippen MR) is 62.3 cm³/mol. The van der Waals surface area contributed by atoms with E-state index in [9.17, 15) is 31.1 Å². The number of hydrogen-bond donors (Lipinski definition) is 2. The van der Waals surface area contributed by atoms with E-state index in [0.717, 1.165) is 12.1 Å². The number of benzene rings is 1. The number of hydrogen-bond acceptors (Lipinski definition) is 2. The summed E-state index contributed by atoms with van der Waals surface area (Å²) in [4.78, 5) is 11.4. The van der Waals surface area contributed by atoms with Crippen LogP contribution in [0, 0.1) is 0 Å². The Balaban J connectivity index is 2.41. The molecule has 2 N–H and O–H groups in total. The Bertz CT molecular complexity index is 713. The van der Waals surface area contributed by atoms with Gasteiger partial charge >= 0.3 is 12.5 Å². The lowest BCUT2D eigenvalue weighted by molar-refractivity contribution is -0.274. The van der Waals surface area contributed by atoms with Gasteiger partial charge in [-0.05, 0) is 11.6 Å². The molecular formula is C12H8F6N2O2. The lowest BCUT2D eigenvalue weighted by Gasteiger charge is -2.13. The van der Waals surface area contributed by atoms with Crippen molar-refractivity contribution in [3.05, 3.63) is 51.4 Å². The Morgan fingerprint density at radius 3 is 2.23 bits per heavy atom. The average molecular weight is 326 g/mol. The molecule has 10 heteroatoms. The zero-order valence-corrected chi connectivity index (χ0v) is 10.6. The molecule has 0 bridgehead atoms. The molecule has 1 aromatic carbocycles. The van der Waals surface area contributed by atoms with Gasteiger partial charge in [-0.2, -0.15) is 13.2 Å². The third-order valence-electron chi connectivity index (χ3n) is 2.73. The van der Waals surface area contributed by atoms with Gasteiger partial charge in [0.25, 0.3) is 5.56 Å². The van der Waals surface area contributed by atoms with Crippen LogP contribution >= 0.6 is 0 Å². The zero-order chi connectivity index (χ0) is 16.5. The van der Waals surface area contributed by atoms with Crippen molar-refractivity contribution in [2.75, 3.05) is 0 Å². The highest BCUT2D eigenvalue weighted by Crippen LogP contribution is 2.32. The maximum atomic E-state index is 12.7. The monoisotopic (exact) mass is 326 g/mol. The molecule has 4 nitrogen and oxygen atoms in total. The molecule has 2 rings (SSSR count). The molecule has 0 atom stereocenters. The highest BCUT2D eigenvalue weighted by Gasteiger charge is 2.37. The third-order valence-corrected chi connectivity index (χ3v) is 2.73. The van der Waals surface area contributed by atoms with Gasteiger partial charge in [0.15, 0.2) is 0 Å². The average Bonchev–Trinajstić information content (AvgIpc) is 2.71. The predicted octanol–water partition coefficient (Wildman–Crippen LogP) is 3.21. The van der Waals surface area contributed by atoms with E-state index in [2.05, 4.69) is 4.74 Å². The van der Waals surface area contributed by atoms with Gasteiger partial charge in [0, 0.05) is 6.42 Å². The quantitative estimate of drug-likeness (QED) is 0.851. The molecule has 1 heterocycles. The molecule has 120 valence electrons. The smallest absolute Gasteiger partial charge is 0.405 e. The van der Waals surface area contributed by atoms with Gasteiger partial charge in [0.05, 0.1) is 5.56 Å². The van der Waals surface area contributed by atoms with Crippen LogP contribution in [0.25, 0.3) is 0 Å². The van der Waals surface area contributed by atoms with E-state index in [4.69, 9.17) is 0 Å². The summed E-state index contributed by atoms with van der Waals surface area (Å²) in [6.45, 7) is 0. The van der Waals surface area contributed by atoms with E-state index in [1.54, 1.807) is 10.2 Å². The number of rotatable bonds is 3. The van der Waals surface area contributed by atoms with E-state index in [-0.39, 0.29) is 5.56 Å². The van der Waals surface area contributed by atoms with Crippen LogP contribution in [-0.4, -0.2) is 16.6 Å². The lowest BCUT2D eigenvalue weighted by atomic mass is 10.0. The van der Waals surface area contributed by atoms with Crippen molar-refractivity contribution in [2.24, 2.45) is 0 Å². The molecule has 0 fully saturated rings. The number of aromatic amines is 2. The minimum Gasteiger partial charge on any atom is -0.405 e. The molecule has 0 spiro atoms. The molecule has 1 aromatic heterocycles. The third kappa shape index (κ3) is 3.62. The fourth-order valence-electron chi connectivity index (χ4n) is 1.86. The highest BCUT2D eigenvalue weighted by molar-refractivity contribution is 5.38. The van der Waals surface area contributed by atoms with Crippen LogP contribution in [0.2, 0.25) is 0 Å². The van der Waals surface area contributed by atoms with Crippen LogP contribution in [-0.2, 0) is 12.6 Å². The fourth-order valence-corrected chi connectivity index (χ4v) is 1.86. The largest absolute Gasteiger partial charge is 0.573 e. The van der Waals surface area contributed by atoms with Crippen LogP contribution in [0.4, 0.5) is 26.3 Å². The van der Waals surface area contributed by atoms with E-state index >= 15 is 0 Å². The summed E-state index contributed by atoms with van der Waals surface area (Å²) >= 11 is 0. The number of ether oxygens (including phenoxy) is 1. The first-order valence-electron chi connectivity index (χ1n) is 5.78. The van der Waals surface area contributed by atoms with Crippen LogP contribution in [0.3, 0.4) is 0 Å². The number of para-hydroxylation sites is 1. The molecule has 0 aliphatic carbocycles. The Kier molecular flexibility index (Phi) is 3.94. The van der Waals surface area contributed by atoms with Crippen LogP contribution in [0.5, 0.6) is 5.75 Å². The normalized spacial score (nSPS) is 12.5. The Labute approximate surface area is 118 Å². The Morgan fingerprint density at radius 1 is 1.00 bits per heavy atom. The minimum absolute atomic E-state index is 0.199. The van der Waals surface area contributed by atoms with Crippen LogP contribution in [0.1, 0.15) is 16.8 Å². The molecule has 2 aromatic rings. The number of aromatic nitrogens is 2. The van der Waals surface area contributed by atoms with Crippen molar-refractivity contribution in [3.8, 4) is 5.75 Å². The van der Waals surface area contributed by atoms with Gasteiger partial charge in [-0.3, -0.25) is 15.0 Å². The second kappa shape index (κ2) is 5.43. The van der Waals surface area contributed by atoms with Crippen molar-refractivity contribution < 1.29 is 31.1 Å². The number of alkyl halides is 6. The Hall–Kier alpha value is -2.39.